The van der Waals surface area contributed by atoms with Crippen LogP contribution >= 0.6 is 11.6 Å². The molecule has 0 N–H and O–H groups in total. The summed E-state index contributed by atoms with van der Waals surface area (Å²) in [7, 11) is 3.84. The zero-order valence-electron chi connectivity index (χ0n) is 10.8. The molecule has 0 aliphatic heterocycles. The van der Waals surface area contributed by atoms with E-state index in [1.807, 2.05) is 0 Å². The quantitative estimate of drug-likeness (QED) is 0.452. The average molecular weight is 271 g/mol. The Morgan fingerprint density at radius 2 is 2.06 bits per heavy atom. The predicted octanol–water partition coefficient (Wildman–Crippen LogP) is 2.42. The molecule has 1 aromatic rings. The molecule has 0 saturated carbocycles. The lowest BCUT2D eigenvalue weighted by atomic mass is 9.79. The molecule has 0 radical (unpaired) electrons. The summed E-state index contributed by atoms with van der Waals surface area (Å²) in [6, 6.07) is 3.09. The van der Waals surface area contributed by atoms with Crippen LogP contribution in [0.15, 0.2) is 12.1 Å². The number of carbonyl (C=O) groups is 1. The minimum atomic E-state index is -0.481. The fourth-order valence-corrected chi connectivity index (χ4v) is 1.65. The van der Waals surface area contributed by atoms with E-state index in [-0.39, 0.29) is 0 Å². The van der Waals surface area contributed by atoms with Crippen molar-refractivity contribution in [2.45, 2.75) is 13.1 Å². The molecule has 0 spiro atoms. The van der Waals surface area contributed by atoms with Gasteiger partial charge < -0.3 is 14.2 Å². The number of methoxy groups -OCH3 is 2. The second-order valence-corrected chi connectivity index (χ2v) is 4.08. The maximum Gasteiger partial charge on any atom is 0.341 e. The SMILES string of the molecule is CBCCOc1cc(OC)c(Cl)cc1C(=O)OC. The fraction of sp³-hybridized carbons (Fsp3) is 0.417. The van der Waals surface area contributed by atoms with Crippen molar-refractivity contribution in [1.82, 2.24) is 0 Å². The second-order valence-electron chi connectivity index (χ2n) is 3.68. The van der Waals surface area contributed by atoms with Crippen molar-refractivity contribution in [2.75, 3.05) is 20.8 Å². The maximum absolute atomic E-state index is 11.6. The summed E-state index contributed by atoms with van der Waals surface area (Å²) >= 11 is 5.98. The van der Waals surface area contributed by atoms with Crippen molar-refractivity contribution in [1.29, 1.82) is 0 Å². The molecular weight excluding hydrogens is 254 g/mol. The molecule has 0 unspecified atom stereocenters. The number of halogens is 1. The Hall–Kier alpha value is -1.36. The van der Waals surface area contributed by atoms with E-state index in [2.05, 4.69) is 6.82 Å². The molecule has 0 saturated heterocycles. The summed E-state index contributed by atoms with van der Waals surface area (Å²) in [4.78, 5) is 11.6. The largest absolute Gasteiger partial charge is 0.495 e. The molecule has 0 heterocycles. The van der Waals surface area contributed by atoms with Crippen LogP contribution in [0, 0.1) is 0 Å². The average Bonchev–Trinajstić information content (AvgIpc) is 2.39. The van der Waals surface area contributed by atoms with Gasteiger partial charge >= 0.3 is 5.97 Å². The lowest BCUT2D eigenvalue weighted by molar-refractivity contribution is 0.0596. The molecular formula is C12H16BClO4. The van der Waals surface area contributed by atoms with E-state index in [9.17, 15) is 4.79 Å². The van der Waals surface area contributed by atoms with Gasteiger partial charge in [-0.1, -0.05) is 18.4 Å². The van der Waals surface area contributed by atoms with Gasteiger partial charge in [0.25, 0.3) is 0 Å². The van der Waals surface area contributed by atoms with E-state index < -0.39 is 5.97 Å². The zero-order chi connectivity index (χ0) is 13.5. The Morgan fingerprint density at radius 1 is 1.33 bits per heavy atom. The van der Waals surface area contributed by atoms with Gasteiger partial charge in [-0.25, -0.2) is 4.79 Å². The van der Waals surface area contributed by atoms with Gasteiger partial charge in [0.1, 0.15) is 24.3 Å². The summed E-state index contributed by atoms with van der Waals surface area (Å²) in [6.07, 6.45) is 0.908. The standard InChI is InChI=1S/C12H16BClO4/c1-13-4-5-18-10-7-11(16-2)9(14)6-8(10)12(15)17-3/h6-7,13H,4-5H2,1-3H3. The number of carbonyl (C=O) groups excluding carboxylic acids is 1. The molecule has 98 valence electrons. The van der Waals surface area contributed by atoms with Crippen molar-refractivity contribution in [3.8, 4) is 11.5 Å². The monoisotopic (exact) mass is 270 g/mol. The molecule has 0 bridgehead atoms. The van der Waals surface area contributed by atoms with Crippen LogP contribution in [0.4, 0.5) is 0 Å². The van der Waals surface area contributed by atoms with Crippen LogP contribution in [0.25, 0.3) is 0 Å². The van der Waals surface area contributed by atoms with Crippen molar-refractivity contribution in [2.24, 2.45) is 0 Å². The van der Waals surface area contributed by atoms with E-state index >= 15 is 0 Å². The highest BCUT2D eigenvalue weighted by Gasteiger charge is 2.17. The highest BCUT2D eigenvalue weighted by molar-refractivity contribution is 6.33. The molecule has 6 heteroatoms. The van der Waals surface area contributed by atoms with Gasteiger partial charge in [-0.3, -0.25) is 0 Å². The van der Waals surface area contributed by atoms with Crippen LogP contribution in [0.3, 0.4) is 0 Å². The Balaban J connectivity index is 3.05. The van der Waals surface area contributed by atoms with Crippen LogP contribution in [0.5, 0.6) is 11.5 Å². The molecule has 0 aromatic heterocycles. The lowest BCUT2D eigenvalue weighted by Gasteiger charge is -2.12. The lowest BCUT2D eigenvalue weighted by Crippen LogP contribution is -2.08. The number of benzene rings is 1. The van der Waals surface area contributed by atoms with Crippen molar-refractivity contribution < 1.29 is 19.0 Å². The fourth-order valence-electron chi connectivity index (χ4n) is 1.41. The normalized spacial score (nSPS) is 9.78. The van der Waals surface area contributed by atoms with Gasteiger partial charge in [-0.2, -0.15) is 0 Å². The van der Waals surface area contributed by atoms with Crippen LogP contribution in [-0.2, 0) is 4.74 Å². The summed E-state index contributed by atoms with van der Waals surface area (Å²) in [5, 5.41) is 0.348. The number of hydrogen-bond acceptors (Lipinski definition) is 4. The van der Waals surface area contributed by atoms with Gasteiger partial charge in [0.15, 0.2) is 0 Å². The third-order valence-electron chi connectivity index (χ3n) is 2.41. The Morgan fingerprint density at radius 3 is 2.61 bits per heavy atom. The molecule has 4 nitrogen and oxygen atoms in total. The van der Waals surface area contributed by atoms with E-state index in [0.29, 0.717) is 28.7 Å². The maximum atomic E-state index is 11.6. The first-order valence-corrected chi connectivity index (χ1v) is 6.10. The Bertz CT molecular complexity index is 423. The molecule has 0 atom stereocenters. The number of rotatable bonds is 6. The number of hydrogen-bond donors (Lipinski definition) is 0. The van der Waals surface area contributed by atoms with Crippen LogP contribution in [-0.4, -0.2) is 34.1 Å². The number of esters is 1. The van der Waals surface area contributed by atoms with E-state index in [1.165, 1.54) is 20.3 Å². The predicted molar refractivity (Wildman–Crippen MR) is 72.7 cm³/mol. The van der Waals surface area contributed by atoms with Gasteiger partial charge in [0.05, 0.1) is 25.8 Å². The minimum absolute atomic E-state index is 0.305. The van der Waals surface area contributed by atoms with Crippen LogP contribution in [0.1, 0.15) is 10.4 Å². The van der Waals surface area contributed by atoms with E-state index in [0.717, 1.165) is 13.6 Å². The molecule has 1 rings (SSSR count). The first-order valence-electron chi connectivity index (χ1n) is 5.72. The second kappa shape index (κ2) is 7.16. The van der Waals surface area contributed by atoms with Crippen molar-refractivity contribution in [3.05, 3.63) is 22.7 Å². The molecule has 0 aliphatic rings. The summed E-state index contributed by atoms with van der Waals surface area (Å²) in [6.45, 7) is 2.60. The van der Waals surface area contributed by atoms with Gasteiger partial charge in [-0.05, 0) is 12.4 Å². The topological polar surface area (TPSA) is 44.8 Å². The number of ether oxygens (including phenoxy) is 3. The van der Waals surface area contributed by atoms with Crippen LogP contribution in [0.2, 0.25) is 18.2 Å². The summed E-state index contributed by atoms with van der Waals surface area (Å²) in [5.41, 5.74) is 0.305. The minimum Gasteiger partial charge on any atom is -0.495 e. The molecule has 0 fully saturated rings. The van der Waals surface area contributed by atoms with E-state index in [4.69, 9.17) is 25.8 Å². The highest BCUT2D eigenvalue weighted by atomic mass is 35.5. The first kappa shape index (κ1) is 14.7. The highest BCUT2D eigenvalue weighted by Crippen LogP contribution is 2.33. The third kappa shape index (κ3) is 3.57. The summed E-state index contributed by atoms with van der Waals surface area (Å²) in [5.74, 6) is 0.415. The smallest absolute Gasteiger partial charge is 0.341 e. The van der Waals surface area contributed by atoms with Crippen molar-refractivity contribution >= 4 is 24.8 Å². The van der Waals surface area contributed by atoms with E-state index in [1.54, 1.807) is 6.07 Å². The zero-order valence-corrected chi connectivity index (χ0v) is 11.5. The van der Waals surface area contributed by atoms with Crippen LogP contribution < -0.4 is 9.47 Å². The Kier molecular flexibility index (Phi) is 5.85. The van der Waals surface area contributed by atoms with Gasteiger partial charge in [-0.15, -0.1) is 0 Å². The molecule has 1 aromatic carbocycles. The molecule has 0 amide bonds. The van der Waals surface area contributed by atoms with Gasteiger partial charge in [0.2, 0.25) is 0 Å². The third-order valence-corrected chi connectivity index (χ3v) is 2.71. The Labute approximate surface area is 112 Å². The first-order chi connectivity index (χ1) is 8.63. The molecule has 18 heavy (non-hydrogen) atoms. The van der Waals surface area contributed by atoms with Crippen molar-refractivity contribution in [3.63, 3.8) is 0 Å². The summed E-state index contributed by atoms with van der Waals surface area (Å²) < 4.78 is 15.3. The molecule has 0 aliphatic carbocycles. The van der Waals surface area contributed by atoms with Gasteiger partial charge in [0, 0.05) is 6.07 Å².